The van der Waals surface area contributed by atoms with Crippen LogP contribution in [-0.2, 0) is 0 Å². The summed E-state index contributed by atoms with van der Waals surface area (Å²) in [6, 6.07) is 12.0. The van der Waals surface area contributed by atoms with Crippen molar-refractivity contribution in [2.75, 3.05) is 7.11 Å². The number of aromatic nitrogens is 1. The van der Waals surface area contributed by atoms with Gasteiger partial charge in [0.1, 0.15) is 5.75 Å². The molecule has 0 saturated carbocycles. The number of fused-ring (bicyclic) bond motifs is 1. The van der Waals surface area contributed by atoms with Gasteiger partial charge < -0.3 is 16.2 Å². The molecule has 0 fully saturated rings. The number of aliphatic imine (C=N–C) groups is 1. The molecule has 0 aliphatic carbocycles. The number of carbonyl (C=O) groups is 1. The van der Waals surface area contributed by atoms with Crippen LogP contribution in [0.2, 0.25) is 5.02 Å². The van der Waals surface area contributed by atoms with Crippen LogP contribution in [0.3, 0.4) is 0 Å². The maximum absolute atomic E-state index is 12.2. The van der Waals surface area contributed by atoms with E-state index in [0.29, 0.717) is 38.4 Å². The molecule has 0 saturated heterocycles. The Morgan fingerprint density at radius 3 is 2.70 bits per heavy atom. The summed E-state index contributed by atoms with van der Waals surface area (Å²) in [7, 11) is 1.50. The Morgan fingerprint density at radius 1 is 1.26 bits per heavy atom. The van der Waals surface area contributed by atoms with Gasteiger partial charge in [-0.25, -0.2) is 0 Å². The predicted molar refractivity (Wildman–Crippen MR) is 104 cm³/mol. The number of nitriles is 1. The van der Waals surface area contributed by atoms with Crippen LogP contribution < -0.4 is 16.2 Å². The number of benzene rings is 2. The molecular formula is C19H14ClN5O2. The van der Waals surface area contributed by atoms with Crippen molar-refractivity contribution >= 4 is 34.4 Å². The lowest BCUT2D eigenvalue weighted by atomic mass is 9.97. The summed E-state index contributed by atoms with van der Waals surface area (Å²) < 4.78 is 5.42. The van der Waals surface area contributed by atoms with Gasteiger partial charge in [0.25, 0.3) is 5.91 Å². The number of pyridine rings is 1. The summed E-state index contributed by atoms with van der Waals surface area (Å²) in [5.41, 5.74) is 13.2. The van der Waals surface area contributed by atoms with Gasteiger partial charge in [-0.05, 0) is 36.4 Å². The van der Waals surface area contributed by atoms with Crippen molar-refractivity contribution in [3.05, 3.63) is 58.7 Å². The molecule has 0 bridgehead atoms. The minimum atomic E-state index is -0.574. The standard InChI is InChI=1S/C19H14ClN5O2/c1-27-16-6-10(8-21)2-4-12(16)17-13-7-11(18(26)25-19(22)23)3-5-15(13)24-9-14(17)20/h2-7,9H,1H3,(H4,22,23,25,26). The molecule has 1 amide bonds. The Labute approximate surface area is 159 Å². The van der Waals surface area contributed by atoms with Crippen LogP contribution in [0.5, 0.6) is 5.75 Å². The van der Waals surface area contributed by atoms with Crippen LogP contribution in [0.1, 0.15) is 15.9 Å². The number of nitrogens with zero attached hydrogens (tertiary/aromatic N) is 3. The summed E-state index contributed by atoms with van der Waals surface area (Å²) in [6.07, 6.45) is 1.52. The maximum Gasteiger partial charge on any atom is 0.280 e. The fourth-order valence-electron chi connectivity index (χ4n) is 2.72. The topological polar surface area (TPSA) is 127 Å². The molecule has 8 heteroatoms. The molecule has 3 rings (SSSR count). The Morgan fingerprint density at radius 2 is 2.04 bits per heavy atom. The average Bonchev–Trinajstić information content (AvgIpc) is 2.66. The normalized spacial score (nSPS) is 10.3. The molecule has 0 radical (unpaired) electrons. The van der Waals surface area contributed by atoms with Gasteiger partial charge in [-0.1, -0.05) is 11.6 Å². The van der Waals surface area contributed by atoms with E-state index in [1.165, 1.54) is 13.3 Å². The highest BCUT2D eigenvalue weighted by atomic mass is 35.5. The first-order chi connectivity index (χ1) is 12.9. The lowest BCUT2D eigenvalue weighted by Crippen LogP contribution is -2.24. The quantitative estimate of drug-likeness (QED) is 0.532. The molecule has 3 aromatic rings. The number of hydrogen-bond donors (Lipinski definition) is 2. The third-order valence-corrected chi connectivity index (χ3v) is 4.19. The maximum atomic E-state index is 12.2. The average molecular weight is 380 g/mol. The monoisotopic (exact) mass is 379 g/mol. The van der Waals surface area contributed by atoms with Crippen molar-refractivity contribution < 1.29 is 9.53 Å². The Balaban J connectivity index is 2.30. The van der Waals surface area contributed by atoms with Gasteiger partial charge >= 0.3 is 0 Å². The van der Waals surface area contributed by atoms with Gasteiger partial charge in [0, 0.05) is 28.3 Å². The van der Waals surface area contributed by atoms with Crippen LogP contribution in [0.15, 0.2) is 47.6 Å². The Bertz CT molecular complexity index is 1130. The number of halogens is 1. The first-order valence-corrected chi connectivity index (χ1v) is 8.13. The summed E-state index contributed by atoms with van der Waals surface area (Å²) in [6.45, 7) is 0. The van der Waals surface area contributed by atoms with Crippen LogP contribution >= 0.6 is 11.6 Å². The van der Waals surface area contributed by atoms with E-state index in [1.54, 1.807) is 36.4 Å². The Hall–Kier alpha value is -3.63. The number of ether oxygens (including phenoxy) is 1. The van der Waals surface area contributed by atoms with E-state index in [2.05, 4.69) is 16.0 Å². The Kier molecular flexibility index (Phi) is 4.92. The van der Waals surface area contributed by atoms with Gasteiger partial charge in [0.2, 0.25) is 0 Å². The zero-order valence-corrected chi connectivity index (χ0v) is 15.0. The largest absolute Gasteiger partial charge is 0.496 e. The number of carbonyl (C=O) groups excluding carboxylic acids is 1. The van der Waals surface area contributed by atoms with E-state index in [4.69, 9.17) is 33.1 Å². The van der Waals surface area contributed by atoms with Crippen molar-refractivity contribution in [3.8, 4) is 22.9 Å². The van der Waals surface area contributed by atoms with Crippen molar-refractivity contribution in [3.63, 3.8) is 0 Å². The van der Waals surface area contributed by atoms with E-state index < -0.39 is 5.91 Å². The van der Waals surface area contributed by atoms with Crippen LogP contribution in [0.4, 0.5) is 0 Å². The molecule has 0 aliphatic rings. The zero-order chi connectivity index (χ0) is 19.6. The molecule has 7 nitrogen and oxygen atoms in total. The smallest absolute Gasteiger partial charge is 0.280 e. The molecule has 1 heterocycles. The van der Waals surface area contributed by atoms with Crippen LogP contribution in [0.25, 0.3) is 22.0 Å². The molecule has 0 unspecified atom stereocenters. The second-order valence-corrected chi connectivity index (χ2v) is 5.99. The molecule has 4 N–H and O–H groups in total. The number of nitrogens with two attached hydrogens (primary N) is 2. The van der Waals surface area contributed by atoms with Crippen molar-refractivity contribution in [1.29, 1.82) is 5.26 Å². The number of rotatable bonds is 3. The second-order valence-electron chi connectivity index (χ2n) is 5.58. The van der Waals surface area contributed by atoms with Gasteiger partial charge in [-0.2, -0.15) is 10.3 Å². The zero-order valence-electron chi connectivity index (χ0n) is 14.2. The van der Waals surface area contributed by atoms with Gasteiger partial charge in [0.05, 0.1) is 29.3 Å². The summed E-state index contributed by atoms with van der Waals surface area (Å²) in [4.78, 5) is 20.0. The number of guanidine groups is 1. The fourth-order valence-corrected chi connectivity index (χ4v) is 2.98. The number of amides is 1. The molecule has 0 atom stereocenters. The van der Waals surface area contributed by atoms with E-state index >= 15 is 0 Å². The van der Waals surface area contributed by atoms with Crippen molar-refractivity contribution in [2.24, 2.45) is 16.5 Å². The lowest BCUT2D eigenvalue weighted by molar-refractivity contribution is 0.100. The number of methoxy groups -OCH3 is 1. The molecule has 2 aromatic carbocycles. The van der Waals surface area contributed by atoms with Crippen LogP contribution in [0, 0.1) is 11.3 Å². The van der Waals surface area contributed by atoms with Crippen molar-refractivity contribution in [2.45, 2.75) is 0 Å². The molecule has 1 aromatic heterocycles. The highest BCUT2D eigenvalue weighted by Crippen LogP contribution is 2.39. The lowest BCUT2D eigenvalue weighted by Gasteiger charge is -2.13. The highest BCUT2D eigenvalue weighted by Gasteiger charge is 2.16. The first-order valence-electron chi connectivity index (χ1n) is 7.75. The molecular weight excluding hydrogens is 366 g/mol. The summed E-state index contributed by atoms with van der Waals surface area (Å²) in [5.74, 6) is -0.419. The minimum absolute atomic E-state index is 0.286. The van der Waals surface area contributed by atoms with E-state index in [-0.39, 0.29) is 11.5 Å². The van der Waals surface area contributed by atoms with Gasteiger partial charge in [-0.15, -0.1) is 0 Å². The van der Waals surface area contributed by atoms with Gasteiger partial charge in [-0.3, -0.25) is 9.78 Å². The SMILES string of the molecule is COc1cc(C#N)ccc1-c1c(Cl)cnc2ccc(C(=O)N=C(N)N)cc12. The van der Waals surface area contributed by atoms with Crippen molar-refractivity contribution in [1.82, 2.24) is 4.98 Å². The van der Waals surface area contributed by atoms with Crippen LogP contribution in [-0.4, -0.2) is 24.0 Å². The summed E-state index contributed by atoms with van der Waals surface area (Å²) in [5, 5.41) is 10.1. The third kappa shape index (κ3) is 3.52. The summed E-state index contributed by atoms with van der Waals surface area (Å²) >= 11 is 6.42. The molecule has 0 spiro atoms. The predicted octanol–water partition coefficient (Wildman–Crippen LogP) is 2.85. The molecule has 0 aliphatic heterocycles. The highest BCUT2D eigenvalue weighted by molar-refractivity contribution is 6.35. The van der Waals surface area contributed by atoms with E-state index in [1.807, 2.05) is 0 Å². The third-order valence-electron chi connectivity index (χ3n) is 3.90. The van der Waals surface area contributed by atoms with E-state index in [0.717, 1.165) is 0 Å². The van der Waals surface area contributed by atoms with Gasteiger partial charge in [0.15, 0.2) is 5.96 Å². The second kappa shape index (κ2) is 7.32. The molecule has 134 valence electrons. The minimum Gasteiger partial charge on any atom is -0.496 e. The molecule has 27 heavy (non-hydrogen) atoms. The van der Waals surface area contributed by atoms with E-state index in [9.17, 15) is 4.79 Å². The first kappa shape index (κ1) is 18.2. The number of hydrogen-bond acceptors (Lipinski definition) is 4. The fraction of sp³-hybridized carbons (Fsp3) is 0.0526.